The van der Waals surface area contributed by atoms with E-state index in [4.69, 9.17) is 19.6 Å². The first-order chi connectivity index (χ1) is 13.0. The lowest BCUT2D eigenvalue weighted by Crippen LogP contribution is -2.28. The second kappa shape index (κ2) is 7.82. The molecule has 27 heavy (non-hydrogen) atoms. The van der Waals surface area contributed by atoms with Gasteiger partial charge in [0.15, 0.2) is 0 Å². The van der Waals surface area contributed by atoms with Gasteiger partial charge in [0.25, 0.3) is 0 Å². The van der Waals surface area contributed by atoms with Crippen molar-refractivity contribution in [2.75, 3.05) is 25.3 Å². The molecular weight excluding hydrogens is 338 g/mol. The van der Waals surface area contributed by atoms with Gasteiger partial charge < -0.3 is 9.47 Å². The van der Waals surface area contributed by atoms with Crippen LogP contribution in [0.25, 0.3) is 0 Å². The Morgan fingerprint density at radius 1 is 1.07 bits per heavy atom. The van der Waals surface area contributed by atoms with Gasteiger partial charge in [-0.2, -0.15) is 5.10 Å². The summed E-state index contributed by atoms with van der Waals surface area (Å²) in [5.41, 5.74) is 3.88. The summed E-state index contributed by atoms with van der Waals surface area (Å²) in [6, 6.07) is 14.0. The molecule has 0 radical (unpaired) electrons. The second-order valence-electron chi connectivity index (χ2n) is 6.89. The van der Waals surface area contributed by atoms with Crippen LogP contribution in [-0.2, 0) is 5.41 Å². The Balaban J connectivity index is 1.81. The number of hydrogen-bond acceptors (Lipinski definition) is 5. The second-order valence-corrected chi connectivity index (χ2v) is 6.89. The van der Waals surface area contributed by atoms with E-state index in [2.05, 4.69) is 26.8 Å². The van der Waals surface area contributed by atoms with E-state index in [0.29, 0.717) is 6.61 Å². The van der Waals surface area contributed by atoms with E-state index in [1.54, 1.807) is 7.11 Å². The van der Waals surface area contributed by atoms with Crippen molar-refractivity contribution < 1.29 is 9.47 Å². The highest BCUT2D eigenvalue weighted by molar-refractivity contribution is 6.36. The smallest absolute Gasteiger partial charge is 0.119 e. The Bertz CT molecular complexity index is 854. The maximum absolute atomic E-state index is 5.51. The van der Waals surface area contributed by atoms with Crippen molar-refractivity contribution in [2.24, 2.45) is 10.1 Å². The van der Waals surface area contributed by atoms with Crippen LogP contribution in [0.5, 0.6) is 11.5 Å². The Morgan fingerprint density at radius 3 is 2.41 bits per heavy atom. The van der Waals surface area contributed by atoms with Crippen molar-refractivity contribution in [3.05, 3.63) is 48.0 Å². The third-order valence-electron chi connectivity index (χ3n) is 4.82. The molecule has 0 unspecified atom stereocenters. The van der Waals surface area contributed by atoms with Gasteiger partial charge in [-0.05, 0) is 61.9 Å². The number of hydrazone groups is 1. The van der Waals surface area contributed by atoms with Crippen LogP contribution in [0.4, 0.5) is 11.4 Å². The summed E-state index contributed by atoms with van der Waals surface area (Å²) in [4.78, 5) is 4.78. The molecule has 3 rings (SSSR count). The van der Waals surface area contributed by atoms with Gasteiger partial charge in [-0.3, -0.25) is 10.0 Å². The Morgan fingerprint density at radius 2 is 1.78 bits per heavy atom. The van der Waals surface area contributed by atoms with Gasteiger partial charge in [0, 0.05) is 12.0 Å². The molecule has 5 heteroatoms. The number of ether oxygens (including phenoxy) is 2. The van der Waals surface area contributed by atoms with Crippen LogP contribution in [0.3, 0.4) is 0 Å². The van der Waals surface area contributed by atoms with Crippen molar-refractivity contribution in [1.82, 2.24) is 0 Å². The van der Waals surface area contributed by atoms with Crippen LogP contribution in [0.15, 0.2) is 52.6 Å². The highest BCUT2D eigenvalue weighted by Crippen LogP contribution is 2.41. The predicted octanol–water partition coefficient (Wildman–Crippen LogP) is 4.97. The van der Waals surface area contributed by atoms with E-state index in [1.165, 1.54) is 0 Å². The van der Waals surface area contributed by atoms with Gasteiger partial charge in [-0.15, -0.1) is 0 Å². The normalized spacial score (nSPS) is 14.8. The van der Waals surface area contributed by atoms with E-state index in [0.717, 1.165) is 40.7 Å². The monoisotopic (exact) mass is 365 g/mol. The van der Waals surface area contributed by atoms with E-state index in [9.17, 15) is 0 Å². The molecule has 0 spiro atoms. The molecule has 1 aliphatic heterocycles. The van der Waals surface area contributed by atoms with E-state index in [-0.39, 0.29) is 5.41 Å². The Kier molecular flexibility index (Phi) is 5.49. The third kappa shape index (κ3) is 3.82. The summed E-state index contributed by atoms with van der Waals surface area (Å²) < 4.78 is 10.9. The van der Waals surface area contributed by atoms with Crippen LogP contribution in [0.1, 0.15) is 33.3 Å². The average Bonchev–Trinajstić information content (AvgIpc) is 2.93. The van der Waals surface area contributed by atoms with Gasteiger partial charge in [0.05, 0.1) is 37.0 Å². The molecule has 0 aliphatic carbocycles. The first-order valence-electron chi connectivity index (χ1n) is 9.31. The molecule has 0 atom stereocenters. The minimum Gasteiger partial charge on any atom is -0.497 e. The molecule has 1 aliphatic rings. The molecule has 0 aromatic heterocycles. The first kappa shape index (κ1) is 19.0. The number of anilines is 1. The number of aliphatic imine (C=N–C) groups is 1. The lowest BCUT2D eigenvalue weighted by atomic mass is 9.82. The maximum Gasteiger partial charge on any atom is 0.119 e. The molecule has 0 bridgehead atoms. The zero-order chi connectivity index (χ0) is 19.4. The SMILES string of the molecule is CCOc1ccc(N(CC)N=CC2=Nc3ccc(OC)cc3C2(C)C)cc1. The summed E-state index contributed by atoms with van der Waals surface area (Å²) >= 11 is 0. The van der Waals surface area contributed by atoms with Crippen LogP contribution < -0.4 is 14.5 Å². The standard InChI is InChI=1S/C22H27N3O2/c1-6-25(16-8-10-17(11-9-16)27-7-2)23-15-21-22(3,4)19-14-18(26-5)12-13-20(19)24-21/h8-15H,6-7H2,1-5H3. The molecule has 142 valence electrons. The fourth-order valence-electron chi connectivity index (χ4n) is 3.17. The maximum atomic E-state index is 5.51. The number of fused-ring (bicyclic) bond motifs is 1. The lowest BCUT2D eigenvalue weighted by Gasteiger charge is -2.22. The average molecular weight is 365 g/mol. The summed E-state index contributed by atoms with van der Waals surface area (Å²) in [5.74, 6) is 1.71. The molecule has 5 nitrogen and oxygen atoms in total. The highest BCUT2D eigenvalue weighted by atomic mass is 16.5. The fourth-order valence-corrected chi connectivity index (χ4v) is 3.17. The van der Waals surface area contributed by atoms with Crippen LogP contribution in [0.2, 0.25) is 0 Å². The van der Waals surface area contributed by atoms with Crippen molar-refractivity contribution in [2.45, 2.75) is 33.1 Å². The van der Waals surface area contributed by atoms with Gasteiger partial charge >= 0.3 is 0 Å². The van der Waals surface area contributed by atoms with Crippen LogP contribution in [-0.4, -0.2) is 32.2 Å². The topological polar surface area (TPSA) is 46.4 Å². The molecule has 0 saturated heterocycles. The van der Waals surface area contributed by atoms with Gasteiger partial charge in [-0.1, -0.05) is 13.8 Å². The number of hydrogen-bond donors (Lipinski definition) is 0. The van der Waals surface area contributed by atoms with Crippen molar-refractivity contribution in [1.29, 1.82) is 0 Å². The van der Waals surface area contributed by atoms with Gasteiger partial charge in [0.2, 0.25) is 0 Å². The number of benzene rings is 2. The van der Waals surface area contributed by atoms with E-state index >= 15 is 0 Å². The number of rotatable bonds is 7. The van der Waals surface area contributed by atoms with Crippen molar-refractivity contribution in [3.63, 3.8) is 0 Å². The van der Waals surface area contributed by atoms with E-state index < -0.39 is 0 Å². The zero-order valence-electron chi connectivity index (χ0n) is 16.7. The molecule has 2 aromatic rings. The largest absolute Gasteiger partial charge is 0.497 e. The van der Waals surface area contributed by atoms with Crippen molar-refractivity contribution in [3.8, 4) is 11.5 Å². The minimum atomic E-state index is -0.217. The van der Waals surface area contributed by atoms with E-state index in [1.807, 2.05) is 54.5 Å². The fraction of sp³-hybridized carbons (Fsp3) is 0.364. The molecule has 0 fully saturated rings. The molecule has 0 N–H and O–H groups in total. The number of nitrogens with zero attached hydrogens (tertiary/aromatic N) is 3. The summed E-state index contributed by atoms with van der Waals surface area (Å²) in [7, 11) is 1.68. The molecule has 1 heterocycles. The Labute approximate surface area is 161 Å². The number of methoxy groups -OCH3 is 1. The molecule has 2 aromatic carbocycles. The quantitative estimate of drug-likeness (QED) is 0.514. The van der Waals surface area contributed by atoms with Crippen LogP contribution >= 0.6 is 0 Å². The lowest BCUT2D eigenvalue weighted by molar-refractivity contribution is 0.340. The summed E-state index contributed by atoms with van der Waals surface area (Å²) in [5, 5.41) is 6.65. The van der Waals surface area contributed by atoms with Gasteiger partial charge in [0.1, 0.15) is 11.5 Å². The highest BCUT2D eigenvalue weighted by Gasteiger charge is 2.34. The summed E-state index contributed by atoms with van der Waals surface area (Å²) in [6.07, 6.45) is 1.87. The summed E-state index contributed by atoms with van der Waals surface area (Å²) in [6.45, 7) is 9.81. The predicted molar refractivity (Wildman–Crippen MR) is 112 cm³/mol. The molecule has 0 amide bonds. The Hall–Kier alpha value is -2.82. The minimum absolute atomic E-state index is 0.217. The molecule has 0 saturated carbocycles. The van der Waals surface area contributed by atoms with Gasteiger partial charge in [-0.25, -0.2) is 0 Å². The van der Waals surface area contributed by atoms with Crippen LogP contribution in [0, 0.1) is 0 Å². The zero-order valence-corrected chi connectivity index (χ0v) is 16.7. The first-order valence-corrected chi connectivity index (χ1v) is 9.31. The molecular formula is C22H27N3O2. The van der Waals surface area contributed by atoms with Crippen molar-refractivity contribution >= 4 is 23.3 Å². The third-order valence-corrected chi connectivity index (χ3v) is 4.82.